The second-order valence-corrected chi connectivity index (χ2v) is 6.78. The minimum Gasteiger partial charge on any atom is -0.493 e. The van der Waals surface area contributed by atoms with Gasteiger partial charge < -0.3 is 19.9 Å². The van der Waals surface area contributed by atoms with Gasteiger partial charge in [0.1, 0.15) is 0 Å². The molecular weight excluding hydrogens is 348 g/mol. The van der Waals surface area contributed by atoms with Crippen LogP contribution < -0.4 is 15.2 Å². The van der Waals surface area contributed by atoms with Crippen LogP contribution >= 0.6 is 11.6 Å². The van der Waals surface area contributed by atoms with Crippen molar-refractivity contribution in [2.24, 2.45) is 16.1 Å². The van der Waals surface area contributed by atoms with Crippen LogP contribution in [0.1, 0.15) is 26.3 Å². The smallest absolute Gasteiger partial charge is 0.363 e. The SMILES string of the molecule is COc1cc(C=C2N=C(C(C)(C)C)OC2=O)cc(Cl)c1OCC(N)=O. The summed E-state index contributed by atoms with van der Waals surface area (Å²) in [5.41, 5.74) is 5.41. The van der Waals surface area contributed by atoms with Crippen LogP contribution in [-0.2, 0) is 14.3 Å². The maximum atomic E-state index is 12.0. The number of hydrogen-bond donors (Lipinski definition) is 1. The van der Waals surface area contributed by atoms with Gasteiger partial charge in [-0.2, -0.15) is 0 Å². The van der Waals surface area contributed by atoms with Crippen molar-refractivity contribution in [3.05, 3.63) is 28.4 Å². The van der Waals surface area contributed by atoms with Crippen LogP contribution in [0.2, 0.25) is 5.02 Å². The predicted molar refractivity (Wildman–Crippen MR) is 93.7 cm³/mol. The third-order valence-corrected chi connectivity index (χ3v) is 3.46. The van der Waals surface area contributed by atoms with Gasteiger partial charge in [-0.25, -0.2) is 9.79 Å². The lowest BCUT2D eigenvalue weighted by atomic mass is 9.97. The first-order chi connectivity index (χ1) is 11.6. The Morgan fingerprint density at radius 2 is 2.08 bits per heavy atom. The summed E-state index contributed by atoms with van der Waals surface area (Å²) < 4.78 is 15.7. The third kappa shape index (κ3) is 4.51. The maximum absolute atomic E-state index is 12.0. The Morgan fingerprint density at radius 3 is 2.60 bits per heavy atom. The highest BCUT2D eigenvalue weighted by atomic mass is 35.5. The van der Waals surface area contributed by atoms with E-state index in [2.05, 4.69) is 4.99 Å². The van der Waals surface area contributed by atoms with Gasteiger partial charge in [-0.3, -0.25) is 4.79 Å². The van der Waals surface area contributed by atoms with E-state index < -0.39 is 11.9 Å². The van der Waals surface area contributed by atoms with E-state index in [0.29, 0.717) is 17.2 Å². The lowest BCUT2D eigenvalue weighted by molar-refractivity contribution is -0.130. The lowest BCUT2D eigenvalue weighted by Crippen LogP contribution is -2.21. The molecule has 1 heterocycles. The number of nitrogens with zero attached hydrogens (tertiary/aromatic N) is 1. The lowest BCUT2D eigenvalue weighted by Gasteiger charge is -2.15. The van der Waals surface area contributed by atoms with Gasteiger partial charge in [0.2, 0.25) is 5.90 Å². The zero-order valence-electron chi connectivity index (χ0n) is 14.4. The Labute approximate surface area is 150 Å². The molecule has 1 amide bonds. The van der Waals surface area contributed by atoms with Gasteiger partial charge >= 0.3 is 5.97 Å². The molecule has 0 aliphatic carbocycles. The van der Waals surface area contributed by atoms with Crippen LogP contribution in [0.5, 0.6) is 11.5 Å². The number of halogens is 1. The average Bonchev–Trinajstić information content (AvgIpc) is 2.86. The van der Waals surface area contributed by atoms with E-state index in [1.807, 2.05) is 20.8 Å². The van der Waals surface area contributed by atoms with Crippen LogP contribution in [0, 0.1) is 5.41 Å². The zero-order valence-corrected chi connectivity index (χ0v) is 15.1. The van der Waals surface area contributed by atoms with Crippen molar-refractivity contribution in [1.29, 1.82) is 0 Å². The summed E-state index contributed by atoms with van der Waals surface area (Å²) in [6.07, 6.45) is 1.54. The van der Waals surface area contributed by atoms with E-state index in [9.17, 15) is 9.59 Å². The monoisotopic (exact) mass is 366 g/mol. The summed E-state index contributed by atoms with van der Waals surface area (Å²) in [6.45, 7) is 5.36. The number of cyclic esters (lactones) is 1. The zero-order chi connectivity index (χ0) is 18.8. The van der Waals surface area contributed by atoms with Gasteiger partial charge in [0, 0.05) is 5.41 Å². The number of esters is 1. The van der Waals surface area contributed by atoms with Crippen LogP contribution in [0.4, 0.5) is 0 Å². The number of aliphatic imine (C=N–C) groups is 1. The summed E-state index contributed by atoms with van der Waals surface area (Å²) in [5.74, 6) is -0.329. The van der Waals surface area contributed by atoms with Crippen LogP contribution in [0.15, 0.2) is 22.8 Å². The molecule has 0 unspecified atom stereocenters. The fourth-order valence-corrected chi connectivity index (χ4v) is 2.27. The van der Waals surface area contributed by atoms with Crippen molar-refractivity contribution in [3.63, 3.8) is 0 Å². The Bertz CT molecular complexity index is 778. The van der Waals surface area contributed by atoms with Crippen LogP contribution in [0.25, 0.3) is 6.08 Å². The number of rotatable bonds is 5. The van der Waals surface area contributed by atoms with Crippen molar-refractivity contribution in [3.8, 4) is 11.5 Å². The number of primary amides is 1. The molecule has 0 aromatic heterocycles. The van der Waals surface area contributed by atoms with E-state index in [1.165, 1.54) is 13.2 Å². The molecule has 1 aliphatic rings. The number of ether oxygens (including phenoxy) is 3. The van der Waals surface area contributed by atoms with Gasteiger partial charge in [-0.15, -0.1) is 0 Å². The van der Waals surface area contributed by atoms with Crippen molar-refractivity contribution >= 4 is 35.5 Å². The normalized spacial score (nSPS) is 15.8. The fourth-order valence-electron chi connectivity index (χ4n) is 1.99. The van der Waals surface area contributed by atoms with E-state index in [0.717, 1.165) is 0 Å². The molecule has 0 bridgehead atoms. The largest absolute Gasteiger partial charge is 0.493 e. The summed E-state index contributed by atoms with van der Waals surface area (Å²) in [5, 5.41) is 0.207. The molecule has 1 aromatic carbocycles. The molecule has 25 heavy (non-hydrogen) atoms. The van der Waals surface area contributed by atoms with E-state index in [-0.39, 0.29) is 28.5 Å². The summed E-state index contributed by atoms with van der Waals surface area (Å²) in [4.78, 5) is 27.1. The minimum absolute atomic E-state index is 0.161. The molecule has 0 fully saturated rings. The van der Waals surface area contributed by atoms with Gasteiger partial charge in [0.25, 0.3) is 5.91 Å². The molecule has 0 atom stereocenters. The van der Waals surface area contributed by atoms with Gasteiger partial charge in [-0.1, -0.05) is 32.4 Å². The molecule has 8 heteroatoms. The van der Waals surface area contributed by atoms with Crippen molar-refractivity contribution in [2.75, 3.05) is 13.7 Å². The molecule has 2 rings (SSSR count). The maximum Gasteiger partial charge on any atom is 0.363 e. The van der Waals surface area contributed by atoms with Gasteiger partial charge in [0.15, 0.2) is 23.8 Å². The summed E-state index contributed by atoms with van der Waals surface area (Å²) >= 11 is 6.18. The number of hydrogen-bond acceptors (Lipinski definition) is 6. The summed E-state index contributed by atoms with van der Waals surface area (Å²) in [6, 6.07) is 3.17. The van der Waals surface area contributed by atoms with Crippen LogP contribution in [0.3, 0.4) is 0 Å². The Balaban J connectivity index is 2.37. The minimum atomic E-state index is -0.637. The highest BCUT2D eigenvalue weighted by Gasteiger charge is 2.31. The van der Waals surface area contributed by atoms with E-state index in [4.69, 9.17) is 31.5 Å². The fraction of sp³-hybridized carbons (Fsp3) is 0.353. The third-order valence-electron chi connectivity index (χ3n) is 3.18. The topological polar surface area (TPSA) is 100 Å². The molecule has 1 aromatic rings. The number of nitrogens with two attached hydrogens (primary N) is 1. The standard InChI is InChI=1S/C17H19ClN2O5/c1-17(2,3)16-20-11(15(22)25-16)6-9-5-10(18)14(12(7-9)23-4)24-8-13(19)21/h5-7H,8H2,1-4H3,(H2,19,21). The second kappa shape index (κ2) is 7.14. The highest BCUT2D eigenvalue weighted by Crippen LogP contribution is 2.37. The quantitative estimate of drug-likeness (QED) is 0.637. The molecule has 7 nitrogen and oxygen atoms in total. The molecule has 134 valence electrons. The van der Waals surface area contributed by atoms with Crippen LogP contribution in [-0.4, -0.2) is 31.5 Å². The van der Waals surface area contributed by atoms with Gasteiger partial charge in [0.05, 0.1) is 12.1 Å². The number of carbonyl (C=O) groups is 2. The highest BCUT2D eigenvalue weighted by molar-refractivity contribution is 6.32. The number of carbonyl (C=O) groups excluding carboxylic acids is 2. The molecule has 2 N–H and O–H groups in total. The molecular formula is C17H19ClN2O5. The van der Waals surface area contributed by atoms with Crippen molar-refractivity contribution < 1.29 is 23.8 Å². The number of methoxy groups -OCH3 is 1. The molecule has 0 radical (unpaired) electrons. The Kier molecular flexibility index (Phi) is 5.37. The predicted octanol–water partition coefficient (Wildman–Crippen LogP) is 2.55. The first kappa shape index (κ1) is 18.8. The summed E-state index contributed by atoms with van der Waals surface area (Å²) in [7, 11) is 1.43. The van der Waals surface area contributed by atoms with Crippen molar-refractivity contribution in [1.82, 2.24) is 0 Å². The number of amides is 1. The van der Waals surface area contributed by atoms with E-state index >= 15 is 0 Å². The molecule has 0 saturated heterocycles. The van der Waals surface area contributed by atoms with Gasteiger partial charge in [-0.05, 0) is 23.8 Å². The molecule has 1 aliphatic heterocycles. The Morgan fingerprint density at radius 1 is 1.40 bits per heavy atom. The van der Waals surface area contributed by atoms with Crippen molar-refractivity contribution in [2.45, 2.75) is 20.8 Å². The molecule has 0 spiro atoms. The average molecular weight is 367 g/mol. The second-order valence-electron chi connectivity index (χ2n) is 6.38. The number of benzene rings is 1. The first-order valence-electron chi connectivity index (χ1n) is 7.43. The molecule has 0 saturated carbocycles. The Hall–Kier alpha value is -2.54. The first-order valence-corrected chi connectivity index (χ1v) is 7.81. The van der Waals surface area contributed by atoms with E-state index in [1.54, 1.807) is 12.1 Å².